The van der Waals surface area contributed by atoms with Gasteiger partial charge in [0.25, 0.3) is 0 Å². The largest absolute Gasteiger partial charge is 0.309 e. The lowest BCUT2D eigenvalue weighted by Gasteiger charge is -2.29. The minimum absolute atomic E-state index is 0.204. The van der Waals surface area contributed by atoms with E-state index in [9.17, 15) is 0 Å². The van der Waals surface area contributed by atoms with Gasteiger partial charge < -0.3 is 9.13 Å². The van der Waals surface area contributed by atoms with Crippen molar-refractivity contribution in [2.75, 3.05) is 0 Å². The van der Waals surface area contributed by atoms with Crippen molar-refractivity contribution in [2.24, 2.45) is 0 Å². The van der Waals surface area contributed by atoms with Gasteiger partial charge in [0.2, 0.25) is 0 Å². The molecule has 0 bridgehead atoms. The fraction of sp³-hybridized carbons (Fsp3) is 0.0870. The van der Waals surface area contributed by atoms with Gasteiger partial charge in [-0.1, -0.05) is 234 Å². The lowest BCUT2D eigenvalue weighted by atomic mass is 9.76. The van der Waals surface area contributed by atoms with Crippen molar-refractivity contribution in [3.05, 3.63) is 271 Å². The molecule has 0 amide bonds. The van der Waals surface area contributed by atoms with Crippen molar-refractivity contribution in [1.29, 1.82) is 0 Å². The minimum Gasteiger partial charge on any atom is -0.309 e. The SMILES string of the molecule is CC(C)(c1ccccc1)c1cccc(-c2cc(-n3c4ccccc4c4ccc5c(c6ccccc6n5-c5ccccc5-c5nc(-c6ccccc6)nc(-c6ccccc6)n5)c43)cc(C(C)(C)c3ccccc3)c2)c1. The fourth-order valence-corrected chi connectivity index (χ4v) is 11.2. The molecular formula is C69H53N5. The maximum absolute atomic E-state index is 5.24. The Hall–Kier alpha value is -9.19. The summed E-state index contributed by atoms with van der Waals surface area (Å²) in [6.07, 6.45) is 0. The highest BCUT2D eigenvalue weighted by molar-refractivity contribution is 6.26. The van der Waals surface area contributed by atoms with E-state index in [0.717, 1.165) is 55.5 Å². The molecule has 5 nitrogen and oxygen atoms in total. The molecule has 0 spiro atoms. The van der Waals surface area contributed by atoms with E-state index >= 15 is 0 Å². The lowest BCUT2D eigenvalue weighted by Crippen LogP contribution is -2.19. The van der Waals surface area contributed by atoms with Crippen LogP contribution in [-0.4, -0.2) is 24.1 Å². The highest BCUT2D eigenvalue weighted by atomic mass is 15.1. The van der Waals surface area contributed by atoms with Crippen molar-refractivity contribution < 1.29 is 0 Å². The van der Waals surface area contributed by atoms with Crippen LogP contribution < -0.4 is 0 Å². The van der Waals surface area contributed by atoms with Crippen LogP contribution in [0, 0.1) is 0 Å². The molecule has 0 saturated carbocycles. The Kier molecular flexibility index (Phi) is 10.8. The second kappa shape index (κ2) is 17.8. The van der Waals surface area contributed by atoms with E-state index in [4.69, 9.17) is 15.0 Å². The molecule has 10 aromatic carbocycles. The molecule has 354 valence electrons. The number of aromatic nitrogens is 5. The summed E-state index contributed by atoms with van der Waals surface area (Å²) in [7, 11) is 0. The zero-order chi connectivity index (χ0) is 50.0. The quantitative estimate of drug-likeness (QED) is 0.137. The van der Waals surface area contributed by atoms with Crippen LogP contribution in [0.1, 0.15) is 49.9 Å². The van der Waals surface area contributed by atoms with Gasteiger partial charge in [-0.2, -0.15) is 0 Å². The first-order valence-electron chi connectivity index (χ1n) is 25.5. The van der Waals surface area contributed by atoms with Gasteiger partial charge in [-0.25, -0.2) is 15.0 Å². The molecule has 0 aliphatic rings. The molecule has 3 heterocycles. The molecule has 0 aliphatic carbocycles. The molecule has 0 N–H and O–H groups in total. The van der Waals surface area contributed by atoms with Gasteiger partial charge in [-0.05, 0) is 75.8 Å². The topological polar surface area (TPSA) is 48.5 Å². The predicted octanol–water partition coefficient (Wildman–Crippen LogP) is 17.4. The summed E-state index contributed by atoms with van der Waals surface area (Å²) in [5, 5.41) is 4.74. The molecule has 13 aromatic rings. The van der Waals surface area contributed by atoms with Crippen molar-refractivity contribution in [3.63, 3.8) is 0 Å². The molecule has 0 fully saturated rings. The van der Waals surface area contributed by atoms with E-state index in [1.165, 1.54) is 49.5 Å². The number of rotatable bonds is 10. The van der Waals surface area contributed by atoms with Crippen LogP contribution in [0.4, 0.5) is 0 Å². The highest BCUT2D eigenvalue weighted by Crippen LogP contribution is 2.45. The number of para-hydroxylation sites is 3. The summed E-state index contributed by atoms with van der Waals surface area (Å²) in [6, 6.07) is 89.5. The number of fused-ring (bicyclic) bond motifs is 7. The second-order valence-corrected chi connectivity index (χ2v) is 20.4. The van der Waals surface area contributed by atoms with Crippen molar-refractivity contribution in [3.8, 4) is 56.7 Å². The van der Waals surface area contributed by atoms with Crippen molar-refractivity contribution in [1.82, 2.24) is 24.1 Å². The monoisotopic (exact) mass is 951 g/mol. The first-order chi connectivity index (χ1) is 36.2. The van der Waals surface area contributed by atoms with Gasteiger partial charge in [-0.15, -0.1) is 0 Å². The Morgan fingerprint density at radius 1 is 0.311 bits per heavy atom. The molecule has 0 unspecified atom stereocenters. The Morgan fingerprint density at radius 2 is 0.797 bits per heavy atom. The van der Waals surface area contributed by atoms with Gasteiger partial charge in [0.05, 0.1) is 27.8 Å². The van der Waals surface area contributed by atoms with Gasteiger partial charge >= 0.3 is 0 Å². The molecule has 74 heavy (non-hydrogen) atoms. The standard InChI is InChI=1S/C69H53N5/c1-68(2,50-29-13-7-14-30-50)52-33-23-28-48(42-52)49-43-53(69(3,4)51-31-15-8-16-32-51)45-54(44-49)73-59-37-20-17-34-55(59)56-40-41-62-63(64(56)73)57-35-18-21-38-60(57)74(62)61-39-22-19-36-58(61)67-71-65(46-24-9-5-10-25-46)70-66(72-67)47-26-11-6-12-27-47/h5-45H,1-4H3. The lowest BCUT2D eigenvalue weighted by molar-refractivity contribution is 0.639. The minimum atomic E-state index is -0.323. The normalized spacial score (nSPS) is 12.1. The molecule has 0 atom stereocenters. The average molecular weight is 952 g/mol. The molecule has 13 rings (SSSR count). The molecule has 0 aliphatic heterocycles. The summed E-state index contributed by atoms with van der Waals surface area (Å²) in [6.45, 7) is 9.36. The van der Waals surface area contributed by atoms with E-state index in [-0.39, 0.29) is 10.8 Å². The summed E-state index contributed by atoms with van der Waals surface area (Å²) < 4.78 is 4.95. The van der Waals surface area contributed by atoms with E-state index < -0.39 is 0 Å². The van der Waals surface area contributed by atoms with E-state index in [2.05, 4.69) is 249 Å². The van der Waals surface area contributed by atoms with Crippen LogP contribution in [-0.2, 0) is 10.8 Å². The van der Waals surface area contributed by atoms with Gasteiger partial charge in [0.15, 0.2) is 17.5 Å². The zero-order valence-corrected chi connectivity index (χ0v) is 41.9. The van der Waals surface area contributed by atoms with Gasteiger partial charge in [-0.3, -0.25) is 0 Å². The third kappa shape index (κ3) is 7.51. The van der Waals surface area contributed by atoms with E-state index in [1.807, 2.05) is 36.4 Å². The fourth-order valence-electron chi connectivity index (χ4n) is 11.2. The third-order valence-corrected chi connectivity index (χ3v) is 15.4. The number of nitrogens with zero attached hydrogens (tertiary/aromatic N) is 5. The molecule has 5 heteroatoms. The molecule has 0 radical (unpaired) electrons. The second-order valence-electron chi connectivity index (χ2n) is 20.4. The first kappa shape index (κ1) is 44.7. The summed E-state index contributed by atoms with van der Waals surface area (Å²) in [4.78, 5) is 15.5. The maximum Gasteiger partial charge on any atom is 0.166 e. The van der Waals surface area contributed by atoms with Crippen LogP contribution in [0.5, 0.6) is 0 Å². The summed E-state index contributed by atoms with van der Waals surface area (Å²) in [5.74, 6) is 1.86. The third-order valence-electron chi connectivity index (χ3n) is 15.4. The molecule has 0 saturated heterocycles. The van der Waals surface area contributed by atoms with Crippen LogP contribution >= 0.6 is 0 Å². The van der Waals surface area contributed by atoms with Crippen LogP contribution in [0.25, 0.3) is 100 Å². The van der Waals surface area contributed by atoms with E-state index in [0.29, 0.717) is 17.5 Å². The Morgan fingerprint density at radius 3 is 1.45 bits per heavy atom. The van der Waals surface area contributed by atoms with Crippen LogP contribution in [0.15, 0.2) is 249 Å². The smallest absolute Gasteiger partial charge is 0.166 e. The Bertz CT molecular complexity index is 4170. The number of benzene rings is 10. The Balaban J connectivity index is 1.08. The van der Waals surface area contributed by atoms with E-state index in [1.54, 1.807) is 0 Å². The maximum atomic E-state index is 5.24. The summed E-state index contributed by atoms with van der Waals surface area (Å²) in [5.41, 5.74) is 16.2. The Labute approximate surface area is 431 Å². The van der Waals surface area contributed by atoms with Crippen molar-refractivity contribution >= 4 is 43.6 Å². The first-order valence-corrected chi connectivity index (χ1v) is 25.5. The van der Waals surface area contributed by atoms with Crippen LogP contribution in [0.2, 0.25) is 0 Å². The van der Waals surface area contributed by atoms with Crippen LogP contribution in [0.3, 0.4) is 0 Å². The van der Waals surface area contributed by atoms with Gasteiger partial charge in [0.1, 0.15) is 0 Å². The average Bonchev–Trinajstić information content (AvgIpc) is 3.99. The zero-order valence-electron chi connectivity index (χ0n) is 41.9. The molecule has 3 aromatic heterocycles. The van der Waals surface area contributed by atoms with Crippen molar-refractivity contribution in [2.45, 2.75) is 38.5 Å². The number of hydrogen-bond acceptors (Lipinski definition) is 3. The highest BCUT2D eigenvalue weighted by Gasteiger charge is 2.28. The molecular weight excluding hydrogens is 899 g/mol. The van der Waals surface area contributed by atoms with Gasteiger partial charge in [0, 0.05) is 54.8 Å². The predicted molar refractivity (Wildman–Crippen MR) is 307 cm³/mol. The number of hydrogen-bond donors (Lipinski definition) is 0. The summed E-state index contributed by atoms with van der Waals surface area (Å²) >= 11 is 0.